The number of hydrogen-bond acceptors (Lipinski definition) is 23. The van der Waals surface area contributed by atoms with Gasteiger partial charge in [-0.3, -0.25) is 0 Å². The Morgan fingerprint density at radius 3 is 0.378 bits per heavy atom. The van der Waals surface area contributed by atoms with Gasteiger partial charge in [0.2, 0.25) is 0 Å². The standard InChI is InChI=1S/C58H117IO23/c1-2-3-4-5-6-7-8-9-10-11-13-60-15-17-62-19-21-64-23-25-66-27-29-68-31-33-70-35-37-72-39-41-74-43-45-76-47-49-78-51-53-80-55-57-82-58-56-81-54-52-79-50-48-77-46-44-75-42-40-73-38-36-71-34-32-69-30-28-67-26-24-65-22-20-63-18-16-61-14-12-59/h2-58H2,1H3. The van der Waals surface area contributed by atoms with Crippen LogP contribution in [0.4, 0.5) is 0 Å². The highest BCUT2D eigenvalue weighted by molar-refractivity contribution is 14.1. The van der Waals surface area contributed by atoms with Crippen molar-refractivity contribution in [1.82, 2.24) is 0 Å². The third kappa shape index (κ3) is 79.8. The molecule has 0 aliphatic rings. The molecule has 0 atom stereocenters. The largest absolute Gasteiger partial charge is 0.379 e. The van der Waals surface area contributed by atoms with E-state index in [4.69, 9.17) is 109 Å². The van der Waals surface area contributed by atoms with Gasteiger partial charge in [-0.2, -0.15) is 0 Å². The molecule has 0 aliphatic carbocycles. The van der Waals surface area contributed by atoms with Gasteiger partial charge in [-0.25, -0.2) is 0 Å². The van der Waals surface area contributed by atoms with Crippen molar-refractivity contribution in [3.05, 3.63) is 0 Å². The fourth-order valence-electron chi connectivity index (χ4n) is 6.69. The molecule has 0 amide bonds. The molecule has 0 heterocycles. The second-order valence-electron chi connectivity index (χ2n) is 18.0. The lowest BCUT2D eigenvalue weighted by Gasteiger charge is -2.09. The van der Waals surface area contributed by atoms with E-state index in [0.29, 0.717) is 291 Å². The summed E-state index contributed by atoms with van der Waals surface area (Å²) < 4.78 is 128. The molecule has 494 valence electrons. The molecule has 0 aromatic heterocycles. The van der Waals surface area contributed by atoms with Crippen LogP contribution in [0.3, 0.4) is 0 Å². The van der Waals surface area contributed by atoms with Crippen LogP contribution >= 0.6 is 22.6 Å². The fourth-order valence-corrected chi connectivity index (χ4v) is 7.00. The quantitative estimate of drug-likeness (QED) is 0.0405. The van der Waals surface area contributed by atoms with E-state index in [1.807, 2.05) is 0 Å². The van der Waals surface area contributed by atoms with Gasteiger partial charge in [-0.1, -0.05) is 87.3 Å². The third-order valence-electron chi connectivity index (χ3n) is 11.0. The fraction of sp³-hybridized carbons (Fsp3) is 1.00. The Bertz CT molecular complexity index is 1010. The Morgan fingerprint density at radius 2 is 0.244 bits per heavy atom. The van der Waals surface area contributed by atoms with Crippen molar-refractivity contribution in [2.75, 3.05) is 308 Å². The van der Waals surface area contributed by atoms with Gasteiger partial charge in [-0.15, -0.1) is 0 Å². The average molecular weight is 1310 g/mol. The minimum Gasteiger partial charge on any atom is -0.379 e. The highest BCUT2D eigenvalue weighted by atomic mass is 127. The molecule has 0 bridgehead atoms. The van der Waals surface area contributed by atoms with Gasteiger partial charge >= 0.3 is 0 Å². The normalized spacial score (nSPS) is 11.8. The van der Waals surface area contributed by atoms with Crippen LogP contribution in [0.25, 0.3) is 0 Å². The predicted molar refractivity (Wildman–Crippen MR) is 320 cm³/mol. The molecule has 0 aliphatic heterocycles. The number of alkyl halides is 1. The van der Waals surface area contributed by atoms with Crippen LogP contribution in [-0.4, -0.2) is 308 Å². The van der Waals surface area contributed by atoms with Gasteiger partial charge in [-0.05, 0) is 6.42 Å². The summed E-state index contributed by atoms with van der Waals surface area (Å²) in [5.41, 5.74) is 0. The number of ether oxygens (including phenoxy) is 23. The van der Waals surface area contributed by atoms with Crippen molar-refractivity contribution in [3.63, 3.8) is 0 Å². The van der Waals surface area contributed by atoms with Gasteiger partial charge < -0.3 is 109 Å². The lowest BCUT2D eigenvalue weighted by molar-refractivity contribution is -0.0318. The van der Waals surface area contributed by atoms with E-state index < -0.39 is 0 Å². The molecule has 24 heteroatoms. The van der Waals surface area contributed by atoms with Gasteiger partial charge in [0.1, 0.15) is 0 Å². The third-order valence-corrected chi connectivity index (χ3v) is 11.5. The van der Waals surface area contributed by atoms with Gasteiger partial charge in [0.05, 0.1) is 297 Å². The lowest BCUT2D eigenvalue weighted by Crippen LogP contribution is -2.16. The van der Waals surface area contributed by atoms with Crippen LogP contribution in [0.2, 0.25) is 0 Å². The SMILES string of the molecule is CCCCCCCCCCCCOCCOCCOCCOCCOCCOCCOCCOCCOCCOCCOCCOCCOCCOCCOCCOCCOCCOCCOCCOCCOCCOCCOCCI. The second-order valence-corrected chi connectivity index (χ2v) is 19.0. The monoisotopic (exact) mass is 1310 g/mol. The van der Waals surface area contributed by atoms with E-state index in [1.165, 1.54) is 57.8 Å². The second kappa shape index (κ2) is 80.8. The van der Waals surface area contributed by atoms with Crippen LogP contribution < -0.4 is 0 Å². The van der Waals surface area contributed by atoms with Crippen molar-refractivity contribution >= 4 is 22.6 Å². The topological polar surface area (TPSA) is 212 Å². The molecule has 0 aromatic rings. The van der Waals surface area contributed by atoms with E-state index in [-0.39, 0.29) is 0 Å². The maximum absolute atomic E-state index is 5.67. The van der Waals surface area contributed by atoms with Crippen molar-refractivity contribution in [3.8, 4) is 0 Å². The molecule has 0 aromatic carbocycles. The van der Waals surface area contributed by atoms with Crippen LogP contribution in [0.1, 0.15) is 71.1 Å². The summed E-state index contributed by atoms with van der Waals surface area (Å²) in [6.07, 6.45) is 13.4. The zero-order valence-electron chi connectivity index (χ0n) is 51.1. The first kappa shape index (κ1) is 81.8. The number of unbranched alkanes of at least 4 members (excludes halogenated alkanes) is 9. The van der Waals surface area contributed by atoms with Crippen LogP contribution in [0, 0.1) is 0 Å². The number of halogens is 1. The summed E-state index contributed by atoms with van der Waals surface area (Å²) in [4.78, 5) is 0. The van der Waals surface area contributed by atoms with E-state index in [0.717, 1.165) is 24.1 Å². The van der Waals surface area contributed by atoms with Crippen LogP contribution in [0.15, 0.2) is 0 Å². The van der Waals surface area contributed by atoms with Crippen molar-refractivity contribution < 1.29 is 109 Å². The van der Waals surface area contributed by atoms with Gasteiger partial charge in [0.25, 0.3) is 0 Å². The summed E-state index contributed by atoms with van der Waals surface area (Å²) >= 11 is 2.28. The molecule has 0 saturated heterocycles. The Labute approximate surface area is 508 Å². The Kier molecular flexibility index (Phi) is 80.6. The molecular weight excluding hydrogens is 1190 g/mol. The maximum Gasteiger partial charge on any atom is 0.0701 e. The lowest BCUT2D eigenvalue weighted by atomic mass is 10.1. The smallest absolute Gasteiger partial charge is 0.0701 e. The van der Waals surface area contributed by atoms with Crippen molar-refractivity contribution in [2.24, 2.45) is 0 Å². The molecule has 0 fully saturated rings. The molecule has 0 radical (unpaired) electrons. The first-order chi connectivity index (χ1) is 40.9. The van der Waals surface area contributed by atoms with Gasteiger partial charge in [0, 0.05) is 11.0 Å². The summed E-state index contributed by atoms with van der Waals surface area (Å²) in [7, 11) is 0. The first-order valence-electron chi connectivity index (χ1n) is 30.8. The minimum absolute atomic E-state index is 0.490. The molecule has 0 unspecified atom stereocenters. The van der Waals surface area contributed by atoms with E-state index >= 15 is 0 Å². The summed E-state index contributed by atoms with van der Waals surface area (Å²) in [6.45, 7) is 26.6. The maximum atomic E-state index is 5.67. The van der Waals surface area contributed by atoms with Crippen molar-refractivity contribution in [1.29, 1.82) is 0 Å². The molecular formula is C58H117IO23. The molecule has 0 rings (SSSR count). The van der Waals surface area contributed by atoms with E-state index in [1.54, 1.807) is 0 Å². The molecule has 82 heavy (non-hydrogen) atoms. The Balaban J connectivity index is 3.08. The highest BCUT2D eigenvalue weighted by Gasteiger charge is 2.01. The Hall–Kier alpha value is -0.190. The van der Waals surface area contributed by atoms with Crippen molar-refractivity contribution in [2.45, 2.75) is 71.1 Å². The zero-order chi connectivity index (χ0) is 58.6. The summed E-state index contributed by atoms with van der Waals surface area (Å²) in [5, 5.41) is 0. The molecule has 23 nitrogen and oxygen atoms in total. The average Bonchev–Trinajstić information content (AvgIpc) is 3.48. The molecule has 0 N–H and O–H groups in total. The minimum atomic E-state index is 0.490. The molecule has 0 spiro atoms. The summed E-state index contributed by atoms with van der Waals surface area (Å²) in [6, 6.07) is 0. The first-order valence-corrected chi connectivity index (χ1v) is 32.3. The van der Waals surface area contributed by atoms with E-state index in [9.17, 15) is 0 Å². The van der Waals surface area contributed by atoms with Crippen LogP contribution in [0.5, 0.6) is 0 Å². The Morgan fingerprint density at radius 1 is 0.134 bits per heavy atom. The van der Waals surface area contributed by atoms with Gasteiger partial charge in [0.15, 0.2) is 0 Å². The van der Waals surface area contributed by atoms with E-state index in [2.05, 4.69) is 29.5 Å². The highest BCUT2D eigenvalue weighted by Crippen LogP contribution is 2.10. The zero-order valence-corrected chi connectivity index (χ0v) is 53.2. The molecule has 0 saturated carbocycles. The summed E-state index contributed by atoms with van der Waals surface area (Å²) in [5.74, 6) is 0. The van der Waals surface area contributed by atoms with Crippen LogP contribution in [-0.2, 0) is 109 Å². The predicted octanol–water partition coefficient (Wildman–Crippen LogP) is 5.72. The number of rotatable bonds is 79. The number of hydrogen-bond donors (Lipinski definition) is 0.